The van der Waals surface area contributed by atoms with Crippen molar-refractivity contribution in [3.05, 3.63) is 42.1 Å². The van der Waals surface area contributed by atoms with Crippen molar-refractivity contribution in [2.24, 2.45) is 0 Å². The highest BCUT2D eigenvalue weighted by Crippen LogP contribution is 2.16. The molecule has 4 nitrogen and oxygen atoms in total. The van der Waals surface area contributed by atoms with Gasteiger partial charge >= 0.3 is 0 Å². The van der Waals surface area contributed by atoms with Gasteiger partial charge in [-0.25, -0.2) is 0 Å². The number of rotatable bonds is 3. The zero-order valence-electron chi connectivity index (χ0n) is 8.72. The number of pyridine rings is 1. The summed E-state index contributed by atoms with van der Waals surface area (Å²) in [6, 6.07) is 8.77. The Labute approximate surface area is 92.7 Å². The summed E-state index contributed by atoms with van der Waals surface area (Å²) in [5, 5.41) is 11.7. The second-order valence-electron chi connectivity index (χ2n) is 3.71. The molecule has 1 aromatic carbocycles. The summed E-state index contributed by atoms with van der Waals surface area (Å²) < 4.78 is 0. The Morgan fingerprint density at radius 1 is 1.38 bits per heavy atom. The van der Waals surface area contributed by atoms with Gasteiger partial charge in [-0.05, 0) is 11.6 Å². The molecule has 0 saturated heterocycles. The van der Waals surface area contributed by atoms with Crippen LogP contribution in [0.2, 0.25) is 0 Å². The first-order valence-corrected chi connectivity index (χ1v) is 5.05. The molecule has 16 heavy (non-hydrogen) atoms. The molecule has 1 aromatic heterocycles. The van der Waals surface area contributed by atoms with Crippen LogP contribution in [0.15, 0.2) is 36.5 Å². The Hall–Kier alpha value is -1.94. The van der Waals surface area contributed by atoms with Crippen LogP contribution < -0.4 is 10.8 Å². The smallest absolute Gasteiger partial charge is 0.129 e. The van der Waals surface area contributed by atoms with Crippen LogP contribution in [0.25, 0.3) is 10.9 Å². The van der Waals surface area contributed by atoms with Crippen LogP contribution in [0.1, 0.15) is 5.56 Å². The van der Waals surface area contributed by atoms with Crippen molar-refractivity contribution < 1.29 is 15.6 Å². The maximum absolute atomic E-state index is 10.6. The average molecular weight is 216 g/mol. The van der Waals surface area contributed by atoms with Gasteiger partial charge < -0.3 is 15.6 Å². The topological polar surface area (TPSA) is 80.7 Å². The van der Waals surface area contributed by atoms with E-state index in [0.29, 0.717) is 6.42 Å². The van der Waals surface area contributed by atoms with Crippen LogP contribution in [-0.4, -0.2) is 17.0 Å². The van der Waals surface area contributed by atoms with E-state index in [2.05, 4.69) is 10.7 Å². The Balaban J connectivity index is 2.41. The van der Waals surface area contributed by atoms with Gasteiger partial charge in [-0.3, -0.25) is 4.98 Å². The molecule has 82 valence electrons. The molecule has 0 spiro atoms. The van der Waals surface area contributed by atoms with Crippen molar-refractivity contribution in [3.8, 4) is 0 Å². The molecule has 4 heteroatoms. The molecule has 0 amide bonds. The Bertz CT molecular complexity index is 520. The number of quaternary nitrogens is 1. The highest BCUT2D eigenvalue weighted by Gasteiger charge is 2.11. The third-order valence-electron chi connectivity index (χ3n) is 2.52. The molecule has 0 radical (unpaired) electrons. The maximum Gasteiger partial charge on any atom is 0.129 e. The summed E-state index contributed by atoms with van der Waals surface area (Å²) in [5.74, 6) is -1.13. The molecule has 2 aromatic rings. The third kappa shape index (κ3) is 2.01. The van der Waals surface area contributed by atoms with E-state index < -0.39 is 12.0 Å². The molecular formula is C12H12N2O2. The Morgan fingerprint density at radius 2 is 2.12 bits per heavy atom. The van der Waals surface area contributed by atoms with Crippen LogP contribution in [0, 0.1) is 0 Å². The fourth-order valence-corrected chi connectivity index (χ4v) is 1.68. The Morgan fingerprint density at radius 3 is 2.88 bits per heavy atom. The van der Waals surface area contributed by atoms with Gasteiger partial charge in [0.05, 0.1) is 11.5 Å². The molecule has 0 bridgehead atoms. The minimum Gasteiger partial charge on any atom is -0.544 e. The van der Waals surface area contributed by atoms with Gasteiger partial charge in [-0.1, -0.05) is 24.3 Å². The summed E-state index contributed by atoms with van der Waals surface area (Å²) in [5.41, 5.74) is 5.27. The molecule has 0 aliphatic carbocycles. The van der Waals surface area contributed by atoms with Crippen molar-refractivity contribution in [2.45, 2.75) is 12.5 Å². The average Bonchev–Trinajstić information content (AvgIpc) is 2.29. The number of para-hydroxylation sites is 1. The normalized spacial score (nSPS) is 12.6. The monoisotopic (exact) mass is 216 g/mol. The number of hydrogen-bond donors (Lipinski definition) is 1. The lowest BCUT2D eigenvalue weighted by Crippen LogP contribution is -2.69. The van der Waals surface area contributed by atoms with E-state index in [1.807, 2.05) is 30.3 Å². The second kappa shape index (κ2) is 4.28. The number of aromatic nitrogens is 1. The SMILES string of the molecule is [NH3+][C@H](Cc1cccc2cccnc12)C(=O)[O-]. The predicted octanol–water partition coefficient (Wildman–Crippen LogP) is -0.862. The summed E-state index contributed by atoms with van der Waals surface area (Å²) in [6.07, 6.45) is 2.04. The number of aliphatic carboxylic acids is 1. The summed E-state index contributed by atoms with van der Waals surface area (Å²) >= 11 is 0. The molecule has 2 rings (SSSR count). The lowest BCUT2D eigenvalue weighted by Gasteiger charge is -2.10. The number of benzene rings is 1. The first-order valence-electron chi connectivity index (χ1n) is 5.05. The third-order valence-corrected chi connectivity index (χ3v) is 2.52. The summed E-state index contributed by atoms with van der Waals surface area (Å²) in [7, 11) is 0. The van der Waals surface area contributed by atoms with Crippen LogP contribution in [0.3, 0.4) is 0 Å². The van der Waals surface area contributed by atoms with E-state index in [1.54, 1.807) is 6.20 Å². The van der Waals surface area contributed by atoms with E-state index in [1.165, 1.54) is 0 Å². The molecule has 1 atom stereocenters. The second-order valence-corrected chi connectivity index (χ2v) is 3.71. The predicted molar refractivity (Wildman–Crippen MR) is 57.1 cm³/mol. The van der Waals surface area contributed by atoms with E-state index >= 15 is 0 Å². The van der Waals surface area contributed by atoms with Crippen LogP contribution in [0.5, 0.6) is 0 Å². The fourth-order valence-electron chi connectivity index (χ4n) is 1.68. The quantitative estimate of drug-likeness (QED) is 0.724. The standard InChI is InChI=1S/C12H12N2O2/c13-10(12(15)16)7-9-4-1-3-8-5-2-6-14-11(8)9/h1-6,10H,7,13H2,(H,15,16)/t10-/m1/s1. The number of nitrogens with zero attached hydrogens (tertiary/aromatic N) is 1. The van der Waals surface area contributed by atoms with Crippen molar-refractivity contribution in [3.63, 3.8) is 0 Å². The van der Waals surface area contributed by atoms with Crippen molar-refractivity contribution in [1.82, 2.24) is 4.98 Å². The highest BCUT2D eigenvalue weighted by atomic mass is 16.4. The minimum absolute atomic E-state index is 0.344. The highest BCUT2D eigenvalue weighted by molar-refractivity contribution is 5.82. The molecule has 0 aliphatic heterocycles. The molecule has 3 N–H and O–H groups in total. The Kier molecular flexibility index (Phi) is 2.83. The van der Waals surface area contributed by atoms with Crippen LogP contribution in [0.4, 0.5) is 0 Å². The van der Waals surface area contributed by atoms with E-state index in [0.717, 1.165) is 16.5 Å². The first kappa shape index (κ1) is 10.6. The number of carboxylic acids is 1. The zero-order valence-corrected chi connectivity index (χ0v) is 8.72. The molecule has 0 fully saturated rings. The lowest BCUT2D eigenvalue weighted by atomic mass is 10.0. The first-order chi connectivity index (χ1) is 7.68. The number of fused-ring (bicyclic) bond motifs is 1. The summed E-state index contributed by atoms with van der Waals surface area (Å²) in [6.45, 7) is 0. The van der Waals surface area contributed by atoms with Crippen LogP contribution in [-0.2, 0) is 11.2 Å². The molecular weight excluding hydrogens is 204 g/mol. The van der Waals surface area contributed by atoms with Gasteiger partial charge in [-0.2, -0.15) is 0 Å². The van der Waals surface area contributed by atoms with Gasteiger partial charge in [0.2, 0.25) is 0 Å². The molecule has 0 aliphatic rings. The number of carbonyl (C=O) groups is 1. The molecule has 0 unspecified atom stereocenters. The van der Waals surface area contributed by atoms with Crippen molar-refractivity contribution >= 4 is 16.9 Å². The van der Waals surface area contributed by atoms with Gasteiger partial charge in [-0.15, -0.1) is 0 Å². The molecule has 1 heterocycles. The maximum atomic E-state index is 10.6. The summed E-state index contributed by atoms with van der Waals surface area (Å²) in [4.78, 5) is 14.9. The lowest BCUT2D eigenvalue weighted by molar-refractivity contribution is -0.436. The number of carbonyl (C=O) groups excluding carboxylic acids is 1. The van der Waals surface area contributed by atoms with Gasteiger partial charge in [0.15, 0.2) is 0 Å². The van der Waals surface area contributed by atoms with Crippen molar-refractivity contribution in [2.75, 3.05) is 0 Å². The molecule has 0 saturated carbocycles. The zero-order chi connectivity index (χ0) is 11.5. The van der Waals surface area contributed by atoms with Gasteiger partial charge in [0, 0.05) is 18.0 Å². The largest absolute Gasteiger partial charge is 0.544 e. The number of carboxylic acid groups (broad SMARTS) is 1. The fraction of sp³-hybridized carbons (Fsp3) is 0.167. The van der Waals surface area contributed by atoms with E-state index in [4.69, 9.17) is 0 Å². The van der Waals surface area contributed by atoms with E-state index in [9.17, 15) is 9.90 Å². The van der Waals surface area contributed by atoms with Crippen LogP contribution >= 0.6 is 0 Å². The minimum atomic E-state index is -1.13. The van der Waals surface area contributed by atoms with Gasteiger partial charge in [0.25, 0.3) is 0 Å². The van der Waals surface area contributed by atoms with Crippen molar-refractivity contribution in [1.29, 1.82) is 0 Å². The van der Waals surface area contributed by atoms with Gasteiger partial charge in [0.1, 0.15) is 6.04 Å². The van der Waals surface area contributed by atoms with E-state index in [-0.39, 0.29) is 0 Å². The number of hydrogen-bond acceptors (Lipinski definition) is 3.